The summed E-state index contributed by atoms with van der Waals surface area (Å²) in [5, 5.41) is 9.63. The van der Waals surface area contributed by atoms with Crippen molar-refractivity contribution < 1.29 is 23.5 Å². The number of rotatable bonds is 9. The van der Waals surface area contributed by atoms with E-state index in [-0.39, 0.29) is 21.6 Å². The Bertz CT molecular complexity index is 1130. The second-order valence-corrected chi connectivity index (χ2v) is 25.8. The molecule has 0 amide bonds. The van der Waals surface area contributed by atoms with Gasteiger partial charge in [0.15, 0.2) is 22.4 Å². The first-order valence-corrected chi connectivity index (χ1v) is 21.9. The molecule has 2 saturated carbocycles. The minimum absolute atomic E-state index is 0.0143. The fourth-order valence-electron chi connectivity index (χ4n) is 6.59. The van der Waals surface area contributed by atoms with E-state index in [0.717, 1.165) is 30.4 Å². The quantitative estimate of drug-likeness (QED) is 0.159. The van der Waals surface area contributed by atoms with Gasteiger partial charge in [-0.05, 0) is 90.8 Å². The van der Waals surface area contributed by atoms with Crippen LogP contribution >= 0.6 is 0 Å². The summed E-state index contributed by atoms with van der Waals surface area (Å²) in [7, 11) is -4.54. The fraction of sp³-hybridized carbons (Fsp3) is 0.743. The van der Waals surface area contributed by atoms with E-state index in [4.69, 9.17) is 13.6 Å². The first kappa shape index (κ1) is 35.2. The van der Waals surface area contributed by atoms with Gasteiger partial charge in [-0.3, -0.25) is 0 Å². The molecule has 3 aliphatic rings. The van der Waals surface area contributed by atoms with Crippen LogP contribution in [0.1, 0.15) is 100 Å². The van der Waals surface area contributed by atoms with Gasteiger partial charge < -0.3 is 18.7 Å². The molecule has 0 aliphatic heterocycles. The molecule has 42 heavy (non-hydrogen) atoms. The largest absolute Gasteiger partial charge is 0.480 e. The summed E-state index contributed by atoms with van der Waals surface area (Å²) in [5.41, 5.74) is 5.41. The lowest BCUT2D eigenvalue weighted by atomic mass is 9.64. The number of carboxylic acid groups (broad SMARTS) is 1. The zero-order chi connectivity index (χ0) is 31.9. The predicted molar refractivity (Wildman–Crippen MR) is 180 cm³/mol. The Kier molecular flexibility index (Phi) is 10.3. The van der Waals surface area contributed by atoms with Gasteiger partial charge in [0.1, 0.15) is 6.61 Å². The average molecular weight is 617 g/mol. The van der Waals surface area contributed by atoms with Crippen molar-refractivity contribution in [3.8, 4) is 0 Å². The molecule has 0 unspecified atom stereocenters. The van der Waals surface area contributed by atoms with Gasteiger partial charge in [-0.1, -0.05) is 91.3 Å². The van der Waals surface area contributed by atoms with Crippen molar-refractivity contribution in [3.05, 3.63) is 47.1 Å². The van der Waals surface area contributed by atoms with Crippen LogP contribution in [0.2, 0.25) is 36.3 Å². The molecule has 0 aromatic carbocycles. The number of carboxylic acids is 1. The summed E-state index contributed by atoms with van der Waals surface area (Å²) in [5.74, 6) is -1.54. The summed E-state index contributed by atoms with van der Waals surface area (Å²) < 4.78 is 20.4. The molecule has 0 heterocycles. The third-order valence-corrected chi connectivity index (χ3v) is 20.3. The maximum atomic E-state index is 11.8. The minimum atomic E-state index is -2.35. The summed E-state index contributed by atoms with van der Waals surface area (Å²) >= 11 is 0. The zero-order valence-corrected chi connectivity index (χ0v) is 30.8. The number of aliphatic carboxylic acids is 1. The van der Waals surface area contributed by atoms with Crippen LogP contribution in [0, 0.1) is 11.3 Å². The summed E-state index contributed by atoms with van der Waals surface area (Å²) in [6.07, 6.45) is 13.5. The maximum absolute atomic E-state index is 11.8. The molecular weight excluding hydrogens is 557 g/mol. The van der Waals surface area contributed by atoms with E-state index in [0.29, 0.717) is 18.8 Å². The van der Waals surface area contributed by atoms with Crippen LogP contribution in [-0.2, 0) is 18.4 Å². The SMILES string of the molecule is C=C1C(=CC=C2CCC[C@]3(C)C(CC)=CC[C@H]23)C[C@@](OCC(=O)O)(O[Si](C)(C)C(C)(C)C)C[C@@H]1O[Si](C)(C)C(C)(C)C. The van der Waals surface area contributed by atoms with Crippen molar-refractivity contribution in [3.63, 3.8) is 0 Å². The zero-order valence-electron chi connectivity index (χ0n) is 28.8. The number of hydrogen-bond donors (Lipinski definition) is 1. The van der Waals surface area contributed by atoms with E-state index in [1.165, 1.54) is 18.4 Å². The molecule has 1 N–H and O–H groups in total. The Hall–Kier alpha value is -1.26. The molecule has 0 aromatic heterocycles. The minimum Gasteiger partial charge on any atom is -0.480 e. The topological polar surface area (TPSA) is 65.0 Å². The highest BCUT2D eigenvalue weighted by atomic mass is 28.4. The maximum Gasteiger partial charge on any atom is 0.329 e. The number of fused-ring (bicyclic) bond motifs is 1. The molecule has 0 radical (unpaired) electrons. The Morgan fingerprint density at radius 2 is 1.71 bits per heavy atom. The highest BCUT2D eigenvalue weighted by molar-refractivity contribution is 6.74. The van der Waals surface area contributed by atoms with Crippen LogP contribution in [-0.4, -0.2) is 46.2 Å². The van der Waals surface area contributed by atoms with E-state index in [1.54, 1.807) is 5.57 Å². The van der Waals surface area contributed by atoms with Gasteiger partial charge in [-0.15, -0.1) is 0 Å². The number of allylic oxidation sites excluding steroid dienone is 5. The molecule has 4 atom stereocenters. The lowest BCUT2D eigenvalue weighted by Gasteiger charge is -2.51. The van der Waals surface area contributed by atoms with Gasteiger partial charge in [0, 0.05) is 12.8 Å². The number of carbonyl (C=O) groups is 1. The van der Waals surface area contributed by atoms with Gasteiger partial charge in [-0.2, -0.15) is 0 Å². The van der Waals surface area contributed by atoms with Crippen molar-refractivity contribution in [1.29, 1.82) is 0 Å². The average Bonchev–Trinajstić information content (AvgIpc) is 3.18. The van der Waals surface area contributed by atoms with Crippen LogP contribution in [0.4, 0.5) is 0 Å². The second-order valence-electron chi connectivity index (χ2n) is 16.3. The lowest BCUT2D eigenvalue weighted by molar-refractivity contribution is -0.213. The van der Waals surface area contributed by atoms with Crippen molar-refractivity contribution >= 4 is 22.6 Å². The molecule has 0 aromatic rings. The van der Waals surface area contributed by atoms with E-state index >= 15 is 0 Å². The number of hydrogen-bond acceptors (Lipinski definition) is 4. The first-order chi connectivity index (χ1) is 19.1. The van der Waals surface area contributed by atoms with Crippen LogP contribution in [0.5, 0.6) is 0 Å². The smallest absolute Gasteiger partial charge is 0.329 e. The Morgan fingerprint density at radius 1 is 1.10 bits per heavy atom. The molecule has 3 rings (SSSR count). The van der Waals surface area contributed by atoms with Crippen LogP contribution in [0.25, 0.3) is 0 Å². The summed E-state index contributed by atoms with van der Waals surface area (Å²) in [6, 6.07) is 0. The van der Waals surface area contributed by atoms with Crippen LogP contribution < -0.4 is 0 Å². The third-order valence-electron chi connectivity index (χ3n) is 11.3. The Morgan fingerprint density at radius 3 is 2.26 bits per heavy atom. The predicted octanol–water partition coefficient (Wildman–Crippen LogP) is 9.95. The lowest BCUT2D eigenvalue weighted by Crippen LogP contribution is -2.56. The first-order valence-electron chi connectivity index (χ1n) is 16.1. The fourth-order valence-corrected chi connectivity index (χ4v) is 9.33. The van der Waals surface area contributed by atoms with E-state index in [1.807, 2.05) is 0 Å². The van der Waals surface area contributed by atoms with Gasteiger partial charge in [0.2, 0.25) is 0 Å². The van der Waals surface area contributed by atoms with Crippen LogP contribution in [0.3, 0.4) is 0 Å². The Labute approximate surface area is 259 Å². The van der Waals surface area contributed by atoms with E-state index in [2.05, 4.69) is 106 Å². The molecular formula is C35H60O5Si2. The molecule has 0 saturated heterocycles. The number of ether oxygens (including phenoxy) is 1. The van der Waals surface area contributed by atoms with Gasteiger partial charge in [-0.25, -0.2) is 4.79 Å². The molecule has 238 valence electrons. The molecule has 0 bridgehead atoms. The Balaban J connectivity index is 2.09. The van der Waals surface area contributed by atoms with Gasteiger partial charge in [0.05, 0.1) is 6.10 Å². The van der Waals surface area contributed by atoms with Crippen molar-refractivity contribution in [1.82, 2.24) is 0 Å². The molecule has 3 aliphatic carbocycles. The van der Waals surface area contributed by atoms with E-state index < -0.39 is 35.0 Å². The van der Waals surface area contributed by atoms with Gasteiger partial charge in [0.25, 0.3) is 0 Å². The van der Waals surface area contributed by atoms with Crippen molar-refractivity contribution in [2.45, 2.75) is 148 Å². The molecule has 0 spiro atoms. The highest BCUT2D eigenvalue weighted by Gasteiger charge is 2.52. The summed E-state index contributed by atoms with van der Waals surface area (Å²) in [6.45, 7) is 31.2. The standard InChI is InChI=1S/C35H60O5Si2/c1-14-28-19-20-29-26(16-15-21-34(28,29)9)17-18-27-22-35(38-24-31(36)37,40-42(12,13)33(6,7)8)23-30(25(27)2)39-41(10,11)32(3,4)5/h17-19,29-30H,2,14-16,20-24H2,1,3-13H3,(H,36,37)/t29-,30+,34-,35-/m1/s1. The second kappa shape index (κ2) is 12.3. The normalized spacial score (nSPS) is 31.4. The summed E-state index contributed by atoms with van der Waals surface area (Å²) in [4.78, 5) is 11.8. The van der Waals surface area contributed by atoms with E-state index in [9.17, 15) is 9.90 Å². The van der Waals surface area contributed by atoms with Crippen molar-refractivity contribution in [2.75, 3.05) is 6.61 Å². The highest BCUT2D eigenvalue weighted by Crippen LogP contribution is 2.55. The van der Waals surface area contributed by atoms with Crippen molar-refractivity contribution in [2.24, 2.45) is 11.3 Å². The monoisotopic (exact) mass is 616 g/mol. The third kappa shape index (κ3) is 7.34. The molecule has 7 heteroatoms. The van der Waals surface area contributed by atoms with Gasteiger partial charge >= 0.3 is 5.97 Å². The molecule has 2 fully saturated rings. The molecule has 5 nitrogen and oxygen atoms in total. The van der Waals surface area contributed by atoms with Crippen LogP contribution in [0.15, 0.2) is 47.1 Å².